The number of halogens is 1. The summed E-state index contributed by atoms with van der Waals surface area (Å²) in [7, 11) is 2.18. The second-order valence-corrected chi connectivity index (χ2v) is 6.89. The lowest BCUT2D eigenvalue weighted by Crippen LogP contribution is -2.36. The summed E-state index contributed by atoms with van der Waals surface area (Å²) in [4.78, 5) is 2.38. The van der Waals surface area contributed by atoms with Crippen LogP contribution in [-0.4, -0.2) is 18.6 Å². The van der Waals surface area contributed by atoms with Gasteiger partial charge in [-0.1, -0.05) is 25.4 Å². The van der Waals surface area contributed by atoms with E-state index in [-0.39, 0.29) is 5.54 Å². The first-order valence-corrected chi connectivity index (χ1v) is 7.92. The number of nitrogens with one attached hydrogen (secondary N) is 1. The minimum absolute atomic E-state index is 0.104. The molecule has 0 aromatic heterocycles. The molecule has 1 N–H and O–H groups in total. The van der Waals surface area contributed by atoms with Crippen LogP contribution in [0.2, 0.25) is 5.02 Å². The first-order chi connectivity index (χ1) is 9.28. The number of rotatable bonds is 6. The van der Waals surface area contributed by atoms with E-state index in [1.807, 2.05) is 6.07 Å². The highest BCUT2D eigenvalue weighted by Gasteiger charge is 2.16. The Morgan fingerprint density at radius 2 is 1.80 bits per heavy atom. The Morgan fingerprint density at radius 1 is 1.20 bits per heavy atom. The van der Waals surface area contributed by atoms with Crippen molar-refractivity contribution in [2.75, 3.05) is 11.9 Å². The van der Waals surface area contributed by atoms with Gasteiger partial charge in [0.15, 0.2) is 0 Å². The molecule has 0 bridgehead atoms. The molecule has 2 nitrogen and oxygen atoms in total. The smallest absolute Gasteiger partial charge is 0.0412 e. The highest BCUT2D eigenvalue weighted by molar-refractivity contribution is 6.30. The van der Waals surface area contributed by atoms with E-state index in [0.717, 1.165) is 24.4 Å². The van der Waals surface area contributed by atoms with Gasteiger partial charge < -0.3 is 10.2 Å². The van der Waals surface area contributed by atoms with Crippen LogP contribution in [0.25, 0.3) is 0 Å². The Bertz CT molecular complexity index is 419. The van der Waals surface area contributed by atoms with E-state index < -0.39 is 0 Å². The molecule has 0 atom stereocenters. The molecule has 20 heavy (non-hydrogen) atoms. The van der Waals surface area contributed by atoms with Crippen molar-refractivity contribution < 1.29 is 0 Å². The van der Waals surface area contributed by atoms with E-state index in [1.54, 1.807) is 0 Å². The third-order valence-electron chi connectivity index (χ3n) is 3.72. The lowest BCUT2D eigenvalue weighted by molar-refractivity contribution is 0.424. The second kappa shape index (κ2) is 7.33. The zero-order chi connectivity index (χ0) is 15.3. The molecule has 1 aromatic carbocycles. The average Bonchev–Trinajstić information content (AvgIpc) is 2.37. The number of hydrogen-bond acceptors (Lipinski definition) is 2. The third-order valence-corrected chi connectivity index (χ3v) is 3.96. The summed E-state index contributed by atoms with van der Waals surface area (Å²) >= 11 is 6.17. The predicted molar refractivity (Wildman–Crippen MR) is 90.8 cm³/mol. The van der Waals surface area contributed by atoms with Crippen molar-refractivity contribution in [2.24, 2.45) is 0 Å². The molecule has 0 aliphatic heterocycles. The van der Waals surface area contributed by atoms with E-state index in [4.69, 9.17) is 11.6 Å². The van der Waals surface area contributed by atoms with Crippen LogP contribution in [0.15, 0.2) is 18.2 Å². The number of anilines is 1. The van der Waals surface area contributed by atoms with Gasteiger partial charge in [0.05, 0.1) is 0 Å². The summed E-state index contributed by atoms with van der Waals surface area (Å²) in [5.74, 6) is 0. The monoisotopic (exact) mass is 296 g/mol. The van der Waals surface area contributed by atoms with Crippen molar-refractivity contribution in [1.29, 1.82) is 0 Å². The average molecular weight is 297 g/mol. The summed E-state index contributed by atoms with van der Waals surface area (Å²) in [6.07, 6.45) is 2.31. The second-order valence-electron chi connectivity index (χ2n) is 6.46. The number of nitrogens with zero attached hydrogens (tertiary/aromatic N) is 1. The van der Waals surface area contributed by atoms with Crippen LogP contribution in [0.5, 0.6) is 0 Å². The Morgan fingerprint density at radius 3 is 2.30 bits per heavy atom. The van der Waals surface area contributed by atoms with Crippen LogP contribution in [0.1, 0.15) is 53.0 Å². The largest absolute Gasteiger partial charge is 0.371 e. The molecule has 0 saturated carbocycles. The molecule has 0 heterocycles. The van der Waals surface area contributed by atoms with E-state index >= 15 is 0 Å². The van der Waals surface area contributed by atoms with Crippen LogP contribution >= 0.6 is 11.6 Å². The Balaban J connectivity index is 3.00. The molecule has 0 spiro atoms. The van der Waals surface area contributed by atoms with Crippen molar-refractivity contribution in [3.63, 3.8) is 0 Å². The summed E-state index contributed by atoms with van der Waals surface area (Å²) in [5, 5.41) is 4.35. The van der Waals surface area contributed by atoms with E-state index in [9.17, 15) is 0 Å². The first-order valence-electron chi connectivity index (χ1n) is 7.54. The lowest BCUT2D eigenvalue weighted by Gasteiger charge is -2.31. The van der Waals surface area contributed by atoms with Gasteiger partial charge in [0.25, 0.3) is 0 Å². The minimum atomic E-state index is 0.104. The van der Waals surface area contributed by atoms with Gasteiger partial charge in [-0.15, -0.1) is 0 Å². The topological polar surface area (TPSA) is 15.3 Å². The highest BCUT2D eigenvalue weighted by Crippen LogP contribution is 2.27. The Labute approximate surface area is 129 Å². The maximum Gasteiger partial charge on any atom is 0.0412 e. The van der Waals surface area contributed by atoms with E-state index in [2.05, 4.69) is 64.0 Å². The van der Waals surface area contributed by atoms with Crippen molar-refractivity contribution in [3.8, 4) is 0 Å². The fourth-order valence-electron chi connectivity index (χ4n) is 2.43. The molecule has 0 saturated heterocycles. The van der Waals surface area contributed by atoms with Crippen LogP contribution < -0.4 is 10.2 Å². The minimum Gasteiger partial charge on any atom is -0.371 e. The van der Waals surface area contributed by atoms with Gasteiger partial charge in [-0.2, -0.15) is 0 Å². The van der Waals surface area contributed by atoms with Crippen LogP contribution in [0, 0.1) is 0 Å². The number of benzene rings is 1. The first kappa shape index (κ1) is 17.3. The summed E-state index contributed by atoms with van der Waals surface area (Å²) < 4.78 is 0. The van der Waals surface area contributed by atoms with Gasteiger partial charge in [0, 0.05) is 35.9 Å². The van der Waals surface area contributed by atoms with Crippen molar-refractivity contribution in [1.82, 2.24) is 5.32 Å². The molecule has 1 aromatic rings. The van der Waals surface area contributed by atoms with E-state index in [0.29, 0.717) is 6.04 Å². The van der Waals surface area contributed by atoms with Crippen LogP contribution in [0.3, 0.4) is 0 Å². The molecule has 3 heteroatoms. The van der Waals surface area contributed by atoms with Gasteiger partial charge >= 0.3 is 0 Å². The highest BCUT2D eigenvalue weighted by atomic mass is 35.5. The summed E-state index contributed by atoms with van der Waals surface area (Å²) in [6.45, 7) is 11.9. The Kier molecular flexibility index (Phi) is 6.35. The predicted octanol–water partition coefficient (Wildman–Crippen LogP) is 4.85. The maximum absolute atomic E-state index is 6.17. The van der Waals surface area contributed by atoms with Crippen molar-refractivity contribution >= 4 is 17.3 Å². The maximum atomic E-state index is 6.17. The molecule has 0 fully saturated rings. The molecule has 114 valence electrons. The molecule has 0 aliphatic rings. The van der Waals surface area contributed by atoms with Crippen LogP contribution in [-0.2, 0) is 6.54 Å². The molecular formula is C17H29ClN2. The number of hydrogen-bond donors (Lipinski definition) is 1. The zero-order valence-corrected chi connectivity index (χ0v) is 14.5. The fourth-order valence-corrected chi connectivity index (χ4v) is 2.63. The Hall–Kier alpha value is -0.730. The molecule has 0 aliphatic carbocycles. The summed E-state index contributed by atoms with van der Waals surface area (Å²) in [5.41, 5.74) is 2.65. The van der Waals surface area contributed by atoms with Gasteiger partial charge in [0.1, 0.15) is 0 Å². The van der Waals surface area contributed by atoms with Gasteiger partial charge in [-0.25, -0.2) is 0 Å². The van der Waals surface area contributed by atoms with Gasteiger partial charge in [-0.3, -0.25) is 0 Å². The quantitative estimate of drug-likeness (QED) is 0.807. The molecule has 0 amide bonds. The lowest BCUT2D eigenvalue weighted by atomic mass is 10.0. The molecular weight excluding hydrogens is 268 g/mol. The van der Waals surface area contributed by atoms with Crippen molar-refractivity contribution in [3.05, 3.63) is 28.8 Å². The van der Waals surface area contributed by atoms with Gasteiger partial charge in [0.2, 0.25) is 0 Å². The van der Waals surface area contributed by atoms with Crippen molar-refractivity contribution in [2.45, 2.75) is 65.6 Å². The summed E-state index contributed by atoms with van der Waals surface area (Å²) in [6, 6.07) is 6.77. The third kappa shape index (κ3) is 4.99. The van der Waals surface area contributed by atoms with E-state index in [1.165, 1.54) is 11.3 Å². The standard InChI is InChI=1S/C17H29ClN2/c1-7-15(8-2)20(6)16-10-9-14(18)11-13(16)12-19-17(3,4)5/h9-11,15,19H,7-8,12H2,1-6H3. The molecule has 0 unspecified atom stereocenters. The fraction of sp³-hybridized carbons (Fsp3) is 0.647. The normalized spacial score (nSPS) is 12.0. The SMILES string of the molecule is CCC(CC)N(C)c1ccc(Cl)cc1CNC(C)(C)C. The van der Waals surface area contributed by atoms with Gasteiger partial charge in [-0.05, 0) is 57.4 Å². The molecule has 0 radical (unpaired) electrons. The zero-order valence-electron chi connectivity index (χ0n) is 13.8. The molecule has 1 rings (SSSR count). The van der Waals surface area contributed by atoms with Crippen LogP contribution in [0.4, 0.5) is 5.69 Å².